The van der Waals surface area contributed by atoms with Crippen LogP contribution in [0.2, 0.25) is 0 Å². The number of fused-ring (bicyclic) bond motifs is 2. The molecule has 0 radical (unpaired) electrons. The molecule has 6 atom stereocenters. The molecule has 3 amide bonds. The molecule has 4 heterocycles. The predicted octanol–water partition coefficient (Wildman–Crippen LogP) is 5.25. The summed E-state index contributed by atoms with van der Waals surface area (Å²) in [5.41, 5.74) is -0.145. The largest absolute Gasteiger partial charge is 0.490 e. The average Bonchev–Trinajstić information content (AvgIpc) is 1.59. The highest BCUT2D eigenvalue weighted by Gasteiger charge is 2.47. The maximum absolute atomic E-state index is 12.9. The zero-order valence-electron chi connectivity index (χ0n) is 57.0. The number of aliphatic hydroxyl groups excluding tert-OH is 1. The van der Waals surface area contributed by atoms with Gasteiger partial charge >= 0.3 is 29.2 Å². The number of carbonyl (C=O) groups is 3. The molecule has 0 spiro atoms. The molecule has 3 aliphatic heterocycles. The van der Waals surface area contributed by atoms with E-state index in [0.717, 1.165) is 10.8 Å². The van der Waals surface area contributed by atoms with Crippen LogP contribution in [0.25, 0.3) is 6.08 Å². The van der Waals surface area contributed by atoms with Crippen molar-refractivity contribution in [3.63, 3.8) is 0 Å². The number of nitrogens with one attached hydrogen (secondary N) is 4. The van der Waals surface area contributed by atoms with Gasteiger partial charge in [0.25, 0.3) is 46.0 Å². The first-order valence-electron chi connectivity index (χ1n) is 32.9. The number of aliphatic hydroxyl groups is 1. The molecule has 1 aromatic heterocycles. The molecule has 13 N–H and O–H groups in total. The summed E-state index contributed by atoms with van der Waals surface area (Å²) >= 11 is 0. The quantitative estimate of drug-likeness (QED) is 0.0113. The van der Waals surface area contributed by atoms with Crippen molar-refractivity contribution in [1.82, 2.24) is 25.5 Å². The van der Waals surface area contributed by atoms with Crippen molar-refractivity contribution in [2.24, 2.45) is 0 Å². The molecule has 1 fully saturated rings. The fourth-order valence-corrected chi connectivity index (χ4v) is 17.2. The molecule has 6 rings (SSSR count). The van der Waals surface area contributed by atoms with Crippen LogP contribution in [0.4, 0.5) is 11.4 Å². The van der Waals surface area contributed by atoms with Crippen molar-refractivity contribution >= 4 is 105 Å². The number of carbonyl (C=O) groups excluding carboxylic acids is 3. The lowest BCUT2D eigenvalue weighted by molar-refractivity contribution is -0.437. The first-order valence-corrected chi connectivity index (χ1v) is 43.5. The van der Waals surface area contributed by atoms with E-state index in [1.54, 1.807) is 34.9 Å². The summed E-state index contributed by atoms with van der Waals surface area (Å²) in [5, 5.41) is 18.9. The number of hydrogen-bond donors (Lipinski definition) is 13. The van der Waals surface area contributed by atoms with E-state index in [2.05, 4.69) is 34.1 Å². The van der Waals surface area contributed by atoms with Crippen molar-refractivity contribution < 1.29 is 127 Å². The summed E-state index contributed by atoms with van der Waals surface area (Å²) < 4.78 is 190. The highest BCUT2D eigenvalue weighted by Crippen LogP contribution is 2.66. The molecule has 0 saturated carbocycles. The molecule has 3 unspecified atom stereocenters. The second kappa shape index (κ2) is 37.2. The van der Waals surface area contributed by atoms with E-state index in [0.29, 0.717) is 111 Å². The molecule has 36 nitrogen and oxygen atoms in total. The van der Waals surface area contributed by atoms with E-state index >= 15 is 0 Å². The standard InChI is InChI=1S/C61H88N7O29P3S4/c1-60(2)46-38-44(103(88,89)90)26-28-48(46)66(35-19-37-102(85,86)87)52(60)21-8-4-9-22-53-61(3,30-13-17-36-101(82,83)84)47-39-45(104(91,92)93)27-29-49(47)67(53)34-16-7-12-25-55(71)63-32-14-5-10-23-54(70)62-31-15-6-11-24-56(72)64-33-18-20-43-41-68(59(74)65-58(43)73)57-40-50(69)51(95-57)42-94-99(78,79)97-100(80,81)96-98(75,76)77/h4,8-9,18,20-22,26-29,38-39,41,50-51,57,69H,5-7,10-17,19,23-25,30-37,40,42H2,1-3H3,(H11-,62,63,64,65,70,71,72,73,74,75,76,77,78,79,80,81,82,83,84,85,86,87,88,89,90,91,92,93)/p+1/b20-18+/t50-,51+,57+,61?/m0/s1. The maximum Gasteiger partial charge on any atom is 0.490 e. The molecular weight excluding hydrogens is 1520 g/mol. The number of phosphoric acid groups is 3. The smallest absolute Gasteiger partial charge is 0.390 e. The van der Waals surface area contributed by atoms with Gasteiger partial charge in [0.15, 0.2) is 5.71 Å². The first kappa shape index (κ1) is 86.8. The Morgan fingerprint density at radius 2 is 1.25 bits per heavy atom. The molecule has 2 aromatic carbocycles. The van der Waals surface area contributed by atoms with Crippen LogP contribution in [0, 0.1) is 0 Å². The van der Waals surface area contributed by atoms with Gasteiger partial charge in [-0.3, -0.25) is 51.5 Å². The third-order valence-corrected chi connectivity index (χ3v) is 24.3. The van der Waals surface area contributed by atoms with Crippen LogP contribution in [0.15, 0.2) is 104 Å². The number of hydrogen-bond acceptors (Lipinski definition) is 22. The van der Waals surface area contributed by atoms with E-state index in [1.807, 2.05) is 31.7 Å². The van der Waals surface area contributed by atoms with Gasteiger partial charge in [-0.15, -0.1) is 0 Å². The Bertz CT molecular complexity index is 4540. The number of amides is 3. The number of phosphoric ester groups is 1. The Balaban J connectivity index is 0.913. The zero-order chi connectivity index (χ0) is 77.3. The van der Waals surface area contributed by atoms with Gasteiger partial charge in [-0.1, -0.05) is 56.1 Å². The first-order chi connectivity index (χ1) is 48.3. The minimum atomic E-state index is -5.81. The van der Waals surface area contributed by atoms with E-state index in [4.69, 9.17) is 14.5 Å². The van der Waals surface area contributed by atoms with Gasteiger partial charge in [0.05, 0.1) is 45.0 Å². The van der Waals surface area contributed by atoms with Gasteiger partial charge in [0.2, 0.25) is 23.4 Å². The molecule has 1 saturated heterocycles. The van der Waals surface area contributed by atoms with Crippen molar-refractivity contribution in [3.8, 4) is 0 Å². The number of benzene rings is 2. The van der Waals surface area contributed by atoms with Gasteiger partial charge in [0, 0.05) is 99.0 Å². The number of aromatic nitrogens is 2. The lowest BCUT2D eigenvalue weighted by atomic mass is 9.77. The van der Waals surface area contributed by atoms with Gasteiger partial charge in [-0.05, 0) is 114 Å². The third kappa shape index (κ3) is 27.0. The van der Waals surface area contributed by atoms with Crippen molar-refractivity contribution in [2.75, 3.05) is 55.7 Å². The van der Waals surface area contributed by atoms with Crippen LogP contribution in [0.5, 0.6) is 0 Å². The van der Waals surface area contributed by atoms with Crippen LogP contribution in [0.1, 0.15) is 153 Å². The number of allylic oxidation sites excluding steroid dienone is 6. The Labute approximate surface area is 601 Å². The number of unbranched alkanes of at least 4 members (excludes halogenated alkanes) is 7. The van der Waals surface area contributed by atoms with Crippen LogP contribution in [-0.4, -0.2) is 177 Å². The van der Waals surface area contributed by atoms with Crippen LogP contribution >= 0.6 is 23.5 Å². The van der Waals surface area contributed by atoms with Gasteiger partial charge < -0.3 is 50.3 Å². The Hall–Kier alpha value is -6.07. The maximum atomic E-state index is 12.9. The minimum absolute atomic E-state index is 0.00690. The fraction of sp³-hybridized carbons (Fsp3) is 0.541. The Morgan fingerprint density at radius 3 is 1.84 bits per heavy atom. The van der Waals surface area contributed by atoms with E-state index < -0.39 is 123 Å². The molecule has 580 valence electrons. The topological polar surface area (TPSA) is 555 Å². The monoisotopic (exact) mass is 1600 g/mol. The lowest BCUT2D eigenvalue weighted by Gasteiger charge is -2.30. The normalized spacial score (nSPS) is 20.2. The number of nitrogens with zero attached hydrogens (tertiary/aromatic N) is 3. The second-order valence-corrected chi connectivity index (χ2v) is 35.9. The Kier molecular flexibility index (Phi) is 31.0. The zero-order valence-corrected chi connectivity index (χ0v) is 62.9. The molecule has 43 heteroatoms. The lowest BCUT2D eigenvalue weighted by Crippen LogP contribution is -2.33. The summed E-state index contributed by atoms with van der Waals surface area (Å²) in [5.74, 6) is -1.66. The highest BCUT2D eigenvalue weighted by atomic mass is 32.2. The number of anilines is 1. The number of ether oxygens (including phenoxy) is 1. The summed E-state index contributed by atoms with van der Waals surface area (Å²) in [6, 6.07) is 8.31. The SMILES string of the molecule is CC1(C)C(C=CC=CC=C2N(CCCCCC(=O)NCCCCCC(=O)NCCCCCC(=O)NC/C=C/c3cn([C@H]4C[C@H](O)[C@@H](COP(=O)(O)OP(=O)(O)OP(=O)(O)O)O4)c(=O)[nH]c3=O)c3ccc(S(=O)(=O)O)cc3C2(C)CCCCS(=O)(=O)O)=[N+](CCCS(=O)(=O)O)c2ccc(S(=O)(=O)O)cc21. The van der Waals surface area contributed by atoms with E-state index in [9.17, 15) is 104 Å². The molecule has 104 heavy (non-hydrogen) atoms. The summed E-state index contributed by atoms with van der Waals surface area (Å²) in [6.45, 7) is 5.79. The van der Waals surface area contributed by atoms with Gasteiger partial charge in [-0.2, -0.15) is 46.9 Å². The number of aromatic amines is 1. The second-order valence-electron chi connectivity index (χ2n) is 25.5. The fourth-order valence-electron chi connectivity index (χ4n) is 12.1. The van der Waals surface area contributed by atoms with E-state index in [1.165, 1.54) is 42.5 Å². The minimum Gasteiger partial charge on any atom is -0.390 e. The third-order valence-electron chi connectivity index (χ3n) is 17.1. The summed E-state index contributed by atoms with van der Waals surface area (Å²) in [7, 11) is -34.9. The molecule has 3 aliphatic rings. The Morgan fingerprint density at radius 1 is 0.683 bits per heavy atom. The average molecular weight is 1610 g/mol. The number of H-pyrrole nitrogens is 1. The van der Waals surface area contributed by atoms with Gasteiger partial charge in [-0.25, -0.2) is 18.5 Å². The van der Waals surface area contributed by atoms with Crippen LogP contribution in [-0.2, 0) is 97.3 Å². The highest BCUT2D eigenvalue weighted by molar-refractivity contribution is 7.86. The molecular formula is C61H89N7O29P3S4+. The predicted molar refractivity (Wildman–Crippen MR) is 377 cm³/mol. The van der Waals surface area contributed by atoms with Crippen molar-refractivity contribution in [1.29, 1.82) is 0 Å². The van der Waals surface area contributed by atoms with Crippen LogP contribution in [0.3, 0.4) is 0 Å². The van der Waals surface area contributed by atoms with Gasteiger partial charge in [0.1, 0.15) is 18.9 Å². The molecule has 0 bridgehead atoms. The summed E-state index contributed by atoms with van der Waals surface area (Å²) in [6.07, 6.45) is 14.6. The van der Waals surface area contributed by atoms with Crippen molar-refractivity contribution in [3.05, 3.63) is 122 Å². The molecule has 0 aliphatic carbocycles. The number of rotatable bonds is 43. The van der Waals surface area contributed by atoms with Crippen molar-refractivity contribution in [2.45, 2.75) is 169 Å². The van der Waals surface area contributed by atoms with E-state index in [-0.39, 0.29) is 97.5 Å². The van der Waals surface area contributed by atoms with Crippen LogP contribution < -0.4 is 32.1 Å². The summed E-state index contributed by atoms with van der Waals surface area (Å²) in [4.78, 5) is 103. The molecule has 3 aromatic rings.